The van der Waals surface area contributed by atoms with Crippen molar-refractivity contribution >= 4 is 35.5 Å². The van der Waals surface area contributed by atoms with Crippen LogP contribution in [0.3, 0.4) is 0 Å². The molecule has 1 heterocycles. The number of carbonyl (C=O) groups is 1. The van der Waals surface area contributed by atoms with Crippen LogP contribution in [0.2, 0.25) is 0 Å². The minimum Gasteiger partial charge on any atom is -0.351 e. The van der Waals surface area contributed by atoms with Crippen LogP contribution in [-0.2, 0) is 4.79 Å². The van der Waals surface area contributed by atoms with Crippen LogP contribution in [0.1, 0.15) is 5.56 Å². The van der Waals surface area contributed by atoms with Crippen LogP contribution in [0.25, 0.3) is 6.08 Å². The van der Waals surface area contributed by atoms with E-state index in [1.54, 1.807) is 18.2 Å². The first-order valence-corrected chi connectivity index (χ1v) is 8.35. The average Bonchev–Trinajstić information content (AvgIpc) is 2.45. The van der Waals surface area contributed by atoms with Crippen LogP contribution in [0.15, 0.2) is 30.3 Å². The highest BCUT2D eigenvalue weighted by Crippen LogP contribution is 2.23. The van der Waals surface area contributed by atoms with Gasteiger partial charge in [0.1, 0.15) is 5.82 Å². The van der Waals surface area contributed by atoms with Crippen molar-refractivity contribution in [2.24, 2.45) is 0 Å². The maximum Gasteiger partial charge on any atom is 0.244 e. The number of nitrogens with one attached hydrogen (secondary N) is 1. The van der Waals surface area contributed by atoms with Gasteiger partial charge in [-0.3, -0.25) is 4.79 Å². The molecule has 1 atom stereocenters. The Morgan fingerprint density at radius 1 is 1.37 bits per heavy atom. The lowest BCUT2D eigenvalue weighted by atomic mass is 10.2. The average molecular weight is 297 g/mol. The molecule has 0 aromatic heterocycles. The van der Waals surface area contributed by atoms with Crippen molar-refractivity contribution < 1.29 is 9.18 Å². The fourth-order valence-electron chi connectivity index (χ4n) is 1.67. The number of carbonyl (C=O) groups excluding carboxylic acids is 1. The van der Waals surface area contributed by atoms with Gasteiger partial charge in [-0.05, 0) is 23.8 Å². The summed E-state index contributed by atoms with van der Waals surface area (Å²) in [5.74, 6) is 3.11. The van der Waals surface area contributed by atoms with Gasteiger partial charge in [0, 0.05) is 35.1 Å². The molecule has 0 aliphatic carbocycles. The van der Waals surface area contributed by atoms with Gasteiger partial charge in [0.2, 0.25) is 5.91 Å². The topological polar surface area (TPSA) is 29.1 Å². The highest BCUT2D eigenvalue weighted by atomic mass is 32.2. The lowest BCUT2D eigenvalue weighted by Gasteiger charge is -2.20. The Hall–Kier alpha value is -0.940. The molecule has 2 nitrogen and oxygen atoms in total. The minimum atomic E-state index is -0.270. The van der Waals surface area contributed by atoms with Crippen LogP contribution in [0.4, 0.5) is 4.39 Å². The van der Waals surface area contributed by atoms with Crippen LogP contribution in [0, 0.1) is 5.82 Å². The molecule has 1 aromatic carbocycles. The molecule has 1 aliphatic heterocycles. The largest absolute Gasteiger partial charge is 0.351 e. The second-order valence-corrected chi connectivity index (χ2v) is 6.76. The number of halogens is 1. The summed E-state index contributed by atoms with van der Waals surface area (Å²) in [5.41, 5.74) is 0.819. The molecule has 1 amide bonds. The first kappa shape index (κ1) is 14.5. The Morgan fingerprint density at radius 2 is 2.16 bits per heavy atom. The van der Waals surface area contributed by atoms with Gasteiger partial charge in [0.05, 0.1) is 0 Å². The number of benzene rings is 1. The van der Waals surface area contributed by atoms with E-state index in [9.17, 15) is 9.18 Å². The lowest BCUT2D eigenvalue weighted by molar-refractivity contribution is -0.116. The third kappa shape index (κ3) is 5.28. The summed E-state index contributed by atoms with van der Waals surface area (Å²) in [6.45, 7) is 0.713. The smallest absolute Gasteiger partial charge is 0.244 e. The molecular formula is C14H16FNOS2. The third-order valence-electron chi connectivity index (χ3n) is 2.69. The van der Waals surface area contributed by atoms with Gasteiger partial charge in [-0.15, -0.1) is 0 Å². The molecule has 0 bridgehead atoms. The van der Waals surface area contributed by atoms with E-state index in [1.165, 1.54) is 24.0 Å². The Balaban J connectivity index is 1.75. The van der Waals surface area contributed by atoms with Crippen molar-refractivity contribution in [2.45, 2.75) is 5.25 Å². The molecule has 0 radical (unpaired) electrons. The van der Waals surface area contributed by atoms with E-state index >= 15 is 0 Å². The monoisotopic (exact) mass is 297 g/mol. The summed E-state index contributed by atoms with van der Waals surface area (Å²) in [7, 11) is 0. The van der Waals surface area contributed by atoms with Crippen molar-refractivity contribution in [3.8, 4) is 0 Å². The van der Waals surface area contributed by atoms with E-state index in [4.69, 9.17) is 0 Å². The van der Waals surface area contributed by atoms with Gasteiger partial charge in [0.15, 0.2) is 0 Å². The Morgan fingerprint density at radius 3 is 2.84 bits per heavy atom. The van der Waals surface area contributed by atoms with Gasteiger partial charge >= 0.3 is 0 Å². The summed E-state index contributed by atoms with van der Waals surface area (Å²) in [4.78, 5) is 11.6. The Bertz CT molecular complexity index is 441. The number of amides is 1. The maximum atomic E-state index is 12.7. The predicted molar refractivity (Wildman–Crippen MR) is 82.0 cm³/mol. The molecule has 1 aromatic rings. The molecular weight excluding hydrogens is 281 g/mol. The van der Waals surface area contributed by atoms with E-state index < -0.39 is 0 Å². The first-order chi connectivity index (χ1) is 9.24. The first-order valence-electron chi connectivity index (χ1n) is 6.15. The van der Waals surface area contributed by atoms with Crippen LogP contribution in [0.5, 0.6) is 0 Å². The van der Waals surface area contributed by atoms with Crippen molar-refractivity contribution in [2.75, 3.05) is 23.8 Å². The molecule has 1 N–H and O–H groups in total. The summed E-state index contributed by atoms with van der Waals surface area (Å²) >= 11 is 3.86. The zero-order valence-corrected chi connectivity index (χ0v) is 12.1. The predicted octanol–water partition coefficient (Wildman–Crippen LogP) is 2.80. The summed E-state index contributed by atoms with van der Waals surface area (Å²) in [6.07, 6.45) is 3.19. The highest BCUT2D eigenvalue weighted by molar-refractivity contribution is 8.06. The summed E-state index contributed by atoms with van der Waals surface area (Å²) in [6, 6.07) is 6.06. The van der Waals surface area contributed by atoms with Crippen LogP contribution < -0.4 is 5.32 Å². The van der Waals surface area contributed by atoms with Gasteiger partial charge in [-0.2, -0.15) is 23.5 Å². The van der Waals surface area contributed by atoms with Crippen molar-refractivity contribution in [3.63, 3.8) is 0 Å². The molecule has 5 heteroatoms. The van der Waals surface area contributed by atoms with Crippen molar-refractivity contribution in [1.29, 1.82) is 0 Å². The van der Waals surface area contributed by atoms with Gasteiger partial charge in [0.25, 0.3) is 0 Å². The standard InChI is InChI=1S/C14H16FNOS2/c15-12-4-1-11(2-5-12)3-6-14(17)16-9-13-10-18-7-8-19-13/h1-6,13H,7-10H2,(H,16,17)/b6-3-/t13-/m1/s1. The Labute approximate surface area is 121 Å². The summed E-state index contributed by atoms with van der Waals surface area (Å²) in [5, 5.41) is 3.42. The van der Waals surface area contributed by atoms with Gasteiger partial charge in [-0.1, -0.05) is 12.1 Å². The quantitative estimate of drug-likeness (QED) is 0.867. The number of rotatable bonds is 4. The fourth-order valence-corrected chi connectivity index (χ4v) is 4.29. The molecule has 0 saturated carbocycles. The normalized spacial score (nSPS) is 19.5. The number of hydrogen-bond acceptors (Lipinski definition) is 3. The molecule has 0 spiro atoms. The second kappa shape index (κ2) is 7.60. The molecule has 0 unspecified atom stereocenters. The minimum absolute atomic E-state index is 0.0968. The molecule has 19 heavy (non-hydrogen) atoms. The van der Waals surface area contributed by atoms with Crippen molar-refractivity contribution in [1.82, 2.24) is 5.32 Å². The summed E-state index contributed by atoms with van der Waals surface area (Å²) < 4.78 is 12.7. The van der Waals surface area contributed by atoms with E-state index in [-0.39, 0.29) is 11.7 Å². The molecule has 1 aliphatic rings. The SMILES string of the molecule is O=C(/C=C\c1ccc(F)cc1)NC[C@@H]1CSCCS1. The second-order valence-electron chi connectivity index (χ2n) is 4.20. The van der Waals surface area contributed by atoms with E-state index in [0.29, 0.717) is 11.8 Å². The molecule has 2 rings (SSSR count). The zero-order valence-electron chi connectivity index (χ0n) is 10.5. The molecule has 1 fully saturated rings. The maximum absolute atomic E-state index is 12.7. The zero-order chi connectivity index (χ0) is 13.5. The van der Waals surface area contributed by atoms with Gasteiger partial charge in [-0.25, -0.2) is 4.39 Å². The highest BCUT2D eigenvalue weighted by Gasteiger charge is 2.14. The number of hydrogen-bond donors (Lipinski definition) is 1. The third-order valence-corrected chi connectivity index (χ3v) is 5.53. The van der Waals surface area contributed by atoms with E-state index in [2.05, 4.69) is 5.32 Å². The van der Waals surface area contributed by atoms with Crippen LogP contribution >= 0.6 is 23.5 Å². The fraction of sp³-hybridized carbons (Fsp3) is 0.357. The lowest BCUT2D eigenvalue weighted by Crippen LogP contribution is -2.32. The van der Waals surface area contributed by atoms with E-state index in [1.807, 2.05) is 23.5 Å². The van der Waals surface area contributed by atoms with Gasteiger partial charge < -0.3 is 5.32 Å². The molecule has 102 valence electrons. The van der Waals surface area contributed by atoms with Crippen molar-refractivity contribution in [3.05, 3.63) is 41.7 Å². The number of thioether (sulfide) groups is 2. The Kier molecular flexibility index (Phi) is 5.79. The van der Waals surface area contributed by atoms with Crippen LogP contribution in [-0.4, -0.2) is 35.0 Å². The van der Waals surface area contributed by atoms with E-state index in [0.717, 1.165) is 17.1 Å². The molecule has 1 saturated heterocycles.